The van der Waals surface area contributed by atoms with Crippen molar-refractivity contribution in [3.05, 3.63) is 137 Å². The fraction of sp³-hybridized carbons (Fsp3) is 0.400. The smallest absolute Gasteiger partial charge is 0.674 e. The van der Waals surface area contributed by atoms with Gasteiger partial charge in [0.15, 0.2) is 0 Å². The molecule has 0 radical (unpaired) electrons. The van der Waals surface area contributed by atoms with Gasteiger partial charge in [0, 0.05) is 12.4 Å². The topological polar surface area (TPSA) is 27.0 Å². The molecule has 0 saturated carbocycles. The third-order valence-electron chi connectivity index (χ3n) is 6.94. The van der Waals surface area contributed by atoms with Crippen molar-refractivity contribution in [3.63, 3.8) is 0 Å². The molecular weight excluding hydrogens is 626 g/mol. The minimum Gasteiger partial charge on any atom is -0.674 e. The molecule has 2 atom stereocenters. The Labute approximate surface area is 289 Å². The van der Waals surface area contributed by atoms with E-state index in [9.17, 15) is 0 Å². The Morgan fingerprint density at radius 3 is 1.29 bits per heavy atom. The van der Waals surface area contributed by atoms with E-state index < -0.39 is 8.07 Å². The van der Waals surface area contributed by atoms with Crippen molar-refractivity contribution in [2.24, 2.45) is 0 Å². The van der Waals surface area contributed by atoms with Gasteiger partial charge in [-0.1, -0.05) is 170 Å². The largest absolute Gasteiger partial charge is 2.00 e. The van der Waals surface area contributed by atoms with Crippen LogP contribution < -0.4 is 5.30 Å². The molecule has 2 nitrogen and oxygen atoms in total. The third kappa shape index (κ3) is 14.4. The summed E-state index contributed by atoms with van der Waals surface area (Å²) in [5, 5.41) is 7.09. The van der Waals surface area contributed by atoms with Crippen molar-refractivity contribution in [2.45, 2.75) is 104 Å². The number of hydrogen-bond donors (Lipinski definition) is 0. The zero-order valence-corrected chi connectivity index (χ0v) is 32.5. The molecule has 0 fully saturated rings. The molecule has 3 aromatic carbocycles. The molecule has 0 aliphatic rings. The minimum absolute atomic E-state index is 0. The van der Waals surface area contributed by atoms with Crippen LogP contribution in [0, 0.1) is 6.55 Å². The van der Waals surface area contributed by atoms with Crippen LogP contribution in [0.1, 0.15) is 113 Å². The Balaban J connectivity index is 0.000000713. The van der Waals surface area contributed by atoms with Gasteiger partial charge in [0.05, 0.1) is 0 Å². The van der Waals surface area contributed by atoms with Crippen LogP contribution in [-0.2, 0) is 16.5 Å². The van der Waals surface area contributed by atoms with E-state index in [0.29, 0.717) is 32.3 Å². The maximum atomic E-state index is 5.58. The van der Waals surface area contributed by atoms with Crippen LogP contribution in [0.4, 0.5) is 5.69 Å². The second kappa shape index (κ2) is 20.1. The van der Waals surface area contributed by atoms with E-state index in [-0.39, 0.29) is 22.3 Å². The summed E-state index contributed by atoms with van der Waals surface area (Å²) in [5.74, 6) is 1.99. The summed E-state index contributed by atoms with van der Waals surface area (Å²) in [6, 6.07) is 30.2. The first-order chi connectivity index (χ1) is 20.7. The third-order valence-corrected chi connectivity index (χ3v) is 8.54. The van der Waals surface area contributed by atoms with Crippen LogP contribution in [0.5, 0.6) is 0 Å². The Bertz CT molecular complexity index is 1220. The SMILES string of the molecule is CC(C)c1cccc(C(C)C)c1[N-]C(Pc1c(C(C)C)cccc1C(C)C)c1ccccc1.[CH2-][Si](C)(C)C.[Ni+2].c1ccncc1. The minimum atomic E-state index is -0.861. The van der Waals surface area contributed by atoms with Crippen molar-refractivity contribution in [1.82, 2.24) is 4.98 Å². The fourth-order valence-corrected chi connectivity index (χ4v) is 6.69. The van der Waals surface area contributed by atoms with Gasteiger partial charge in [-0.05, 0) is 52.2 Å². The van der Waals surface area contributed by atoms with Gasteiger partial charge in [-0.15, -0.1) is 22.3 Å². The van der Waals surface area contributed by atoms with Gasteiger partial charge in [-0.25, -0.2) is 0 Å². The first-order valence-corrected chi connectivity index (χ1v) is 21.0. The second-order valence-corrected chi connectivity index (χ2v) is 20.3. The van der Waals surface area contributed by atoms with Crippen molar-refractivity contribution >= 4 is 27.6 Å². The van der Waals surface area contributed by atoms with Gasteiger partial charge in [0.2, 0.25) is 0 Å². The van der Waals surface area contributed by atoms with Crippen LogP contribution in [0.2, 0.25) is 19.6 Å². The molecule has 0 aliphatic carbocycles. The first kappa shape index (κ1) is 40.8. The summed E-state index contributed by atoms with van der Waals surface area (Å²) in [7, 11) is -0.266. The van der Waals surface area contributed by atoms with Crippen LogP contribution >= 0.6 is 8.58 Å². The van der Waals surface area contributed by atoms with Crippen LogP contribution in [0.25, 0.3) is 5.32 Å². The van der Waals surface area contributed by atoms with Gasteiger partial charge in [0.1, 0.15) is 0 Å². The van der Waals surface area contributed by atoms with Gasteiger partial charge in [0.25, 0.3) is 0 Å². The Morgan fingerprint density at radius 1 is 0.578 bits per heavy atom. The van der Waals surface area contributed by atoms with Crippen molar-refractivity contribution in [3.8, 4) is 0 Å². The van der Waals surface area contributed by atoms with Crippen molar-refractivity contribution in [2.75, 3.05) is 0 Å². The number of nitrogens with zero attached hydrogens (tertiary/aromatic N) is 2. The van der Waals surface area contributed by atoms with Crippen LogP contribution in [-0.4, -0.2) is 13.1 Å². The molecule has 1 aromatic heterocycles. The van der Waals surface area contributed by atoms with E-state index in [1.807, 2.05) is 18.2 Å². The Hall–Kier alpha value is -2.25. The van der Waals surface area contributed by atoms with E-state index in [1.54, 1.807) is 12.4 Å². The molecule has 0 saturated heterocycles. The summed E-state index contributed by atoms with van der Waals surface area (Å²) in [6.07, 6.45) is 3.50. The molecule has 246 valence electrons. The molecular formula is C40H57N2NiPSi. The summed E-state index contributed by atoms with van der Waals surface area (Å²) < 4.78 is 0. The van der Waals surface area contributed by atoms with Gasteiger partial charge in [-0.2, -0.15) is 0 Å². The molecule has 0 spiro atoms. The Kier molecular flexibility index (Phi) is 18.2. The summed E-state index contributed by atoms with van der Waals surface area (Å²) in [6.45, 7) is 28.9. The quantitative estimate of drug-likeness (QED) is 0.0980. The number of para-hydroxylation sites is 1. The molecule has 0 bridgehead atoms. The average molecular weight is 684 g/mol. The number of hydrogen-bond acceptors (Lipinski definition) is 1. The van der Waals surface area contributed by atoms with E-state index in [2.05, 4.69) is 153 Å². The van der Waals surface area contributed by atoms with Crippen molar-refractivity contribution < 1.29 is 16.5 Å². The van der Waals surface area contributed by atoms with Crippen LogP contribution in [0.15, 0.2) is 97.3 Å². The number of rotatable bonds is 9. The zero-order valence-electron chi connectivity index (χ0n) is 29.5. The molecule has 2 unspecified atom stereocenters. The fourth-order valence-electron chi connectivity index (χ4n) is 4.78. The van der Waals surface area contributed by atoms with E-state index in [4.69, 9.17) is 5.32 Å². The number of benzene rings is 3. The molecule has 0 N–H and O–H groups in total. The zero-order chi connectivity index (χ0) is 32.9. The monoisotopic (exact) mass is 682 g/mol. The van der Waals surface area contributed by atoms with E-state index in [0.717, 1.165) is 0 Å². The predicted molar refractivity (Wildman–Crippen MR) is 202 cm³/mol. The van der Waals surface area contributed by atoms with Gasteiger partial charge >= 0.3 is 16.5 Å². The Morgan fingerprint density at radius 2 is 0.956 bits per heavy atom. The summed E-state index contributed by atoms with van der Waals surface area (Å²) >= 11 is 0. The second-order valence-electron chi connectivity index (χ2n) is 13.9. The predicted octanol–water partition coefficient (Wildman–Crippen LogP) is 12.7. The number of pyridine rings is 1. The van der Waals surface area contributed by atoms with Crippen molar-refractivity contribution in [1.29, 1.82) is 0 Å². The van der Waals surface area contributed by atoms with Gasteiger partial charge in [-0.3, -0.25) is 4.98 Å². The van der Waals surface area contributed by atoms with Gasteiger partial charge < -0.3 is 11.9 Å². The number of aromatic nitrogens is 1. The molecule has 4 rings (SSSR count). The normalized spacial score (nSPS) is 12.0. The molecule has 5 heteroatoms. The van der Waals surface area contributed by atoms with Crippen LogP contribution in [0.3, 0.4) is 0 Å². The molecule has 0 aliphatic heterocycles. The average Bonchev–Trinajstić information content (AvgIpc) is 2.97. The maximum Gasteiger partial charge on any atom is 2.00 e. The standard InChI is InChI=1S/C31H41NP.C5H5N.C4H11Si.Ni/c1-20(2)25-16-12-17-26(21(3)4)29(25)32-31(24-14-10-9-11-15-24)33-30-27(22(5)6)18-13-19-28(30)23(7)8;1-2-4-6-5-3-1;1-5(2,3)4;/h9-23,31,33H,1-8H3;1-5H;1H2,2-4H3;/q-1;;-1;+2. The summed E-state index contributed by atoms with van der Waals surface area (Å²) in [4.78, 5) is 3.78. The van der Waals surface area contributed by atoms with E-state index in [1.165, 1.54) is 38.8 Å². The molecule has 4 aromatic rings. The maximum absolute atomic E-state index is 5.58. The van der Waals surface area contributed by atoms with E-state index >= 15 is 0 Å². The molecule has 1 heterocycles. The molecule has 0 amide bonds. The molecule has 45 heavy (non-hydrogen) atoms. The summed E-state index contributed by atoms with van der Waals surface area (Å²) in [5.41, 5.74) is 8.16. The first-order valence-electron chi connectivity index (χ1n) is 16.2.